The van der Waals surface area contributed by atoms with E-state index in [4.69, 9.17) is 9.47 Å². The van der Waals surface area contributed by atoms with Gasteiger partial charge in [-0.15, -0.1) is 0 Å². The molecule has 0 spiro atoms. The summed E-state index contributed by atoms with van der Waals surface area (Å²) < 4.78 is 10.2. The van der Waals surface area contributed by atoms with Crippen LogP contribution in [0.3, 0.4) is 0 Å². The number of non-ortho nitro benzene ring substituents is 1. The SMILES string of the molecule is CCCCCCCCCCOC(=O)[C@H](C)OC(=O)c1ccc([N+](=O)[O-])cc1. The Morgan fingerprint density at radius 3 is 2.11 bits per heavy atom. The number of nitro groups is 1. The fourth-order valence-corrected chi connectivity index (χ4v) is 2.52. The van der Waals surface area contributed by atoms with Crippen molar-refractivity contribution in [2.24, 2.45) is 0 Å². The number of hydrogen-bond donors (Lipinski definition) is 0. The van der Waals surface area contributed by atoms with Crippen LogP contribution in [0.4, 0.5) is 5.69 Å². The first-order valence-electron chi connectivity index (χ1n) is 9.57. The molecule has 0 N–H and O–H groups in total. The molecule has 1 rings (SSSR count). The van der Waals surface area contributed by atoms with E-state index in [2.05, 4.69) is 6.92 Å². The molecule has 0 radical (unpaired) electrons. The van der Waals surface area contributed by atoms with E-state index in [-0.39, 0.29) is 11.3 Å². The summed E-state index contributed by atoms with van der Waals surface area (Å²) in [5.41, 5.74) is 0.0210. The molecule has 0 saturated carbocycles. The molecule has 7 nitrogen and oxygen atoms in total. The number of nitrogens with zero attached hydrogens (tertiary/aromatic N) is 1. The molecule has 0 saturated heterocycles. The van der Waals surface area contributed by atoms with Gasteiger partial charge in [0.05, 0.1) is 17.1 Å². The average Bonchev–Trinajstić information content (AvgIpc) is 2.66. The van der Waals surface area contributed by atoms with Gasteiger partial charge < -0.3 is 9.47 Å². The highest BCUT2D eigenvalue weighted by Gasteiger charge is 2.20. The summed E-state index contributed by atoms with van der Waals surface area (Å²) in [7, 11) is 0. The third-order valence-electron chi connectivity index (χ3n) is 4.17. The van der Waals surface area contributed by atoms with E-state index >= 15 is 0 Å². The Kier molecular flexibility index (Phi) is 10.7. The van der Waals surface area contributed by atoms with Crippen molar-refractivity contribution in [1.29, 1.82) is 0 Å². The Morgan fingerprint density at radius 2 is 1.56 bits per heavy atom. The van der Waals surface area contributed by atoms with Crippen molar-refractivity contribution in [1.82, 2.24) is 0 Å². The van der Waals surface area contributed by atoms with Crippen LogP contribution in [-0.2, 0) is 14.3 Å². The molecule has 0 aliphatic heterocycles. The van der Waals surface area contributed by atoms with E-state index in [1.54, 1.807) is 0 Å². The van der Waals surface area contributed by atoms with Gasteiger partial charge in [0.25, 0.3) is 5.69 Å². The predicted octanol–water partition coefficient (Wildman–Crippen LogP) is 4.82. The molecule has 0 bridgehead atoms. The van der Waals surface area contributed by atoms with Gasteiger partial charge in [-0.25, -0.2) is 9.59 Å². The van der Waals surface area contributed by atoms with Gasteiger partial charge in [-0.2, -0.15) is 0 Å². The minimum absolute atomic E-state index is 0.121. The lowest BCUT2D eigenvalue weighted by Gasteiger charge is -2.12. The number of nitro benzene ring substituents is 1. The zero-order chi connectivity index (χ0) is 20.1. The summed E-state index contributed by atoms with van der Waals surface area (Å²) in [6.07, 6.45) is 8.17. The Hall–Kier alpha value is -2.44. The number of esters is 2. The van der Waals surface area contributed by atoms with Gasteiger partial charge in [0.15, 0.2) is 6.10 Å². The third kappa shape index (κ3) is 9.17. The summed E-state index contributed by atoms with van der Waals surface area (Å²) >= 11 is 0. The van der Waals surface area contributed by atoms with Crippen LogP contribution in [-0.4, -0.2) is 29.6 Å². The van der Waals surface area contributed by atoms with Crippen LogP contribution in [0.15, 0.2) is 24.3 Å². The molecule has 0 fully saturated rings. The second kappa shape index (κ2) is 12.8. The number of ether oxygens (including phenoxy) is 2. The number of carbonyl (C=O) groups excluding carboxylic acids is 2. The molecule has 1 aromatic rings. The van der Waals surface area contributed by atoms with Crippen molar-refractivity contribution in [3.63, 3.8) is 0 Å². The van der Waals surface area contributed by atoms with Crippen molar-refractivity contribution >= 4 is 17.6 Å². The number of rotatable bonds is 13. The molecular weight excluding hydrogens is 350 g/mol. The standard InChI is InChI=1S/C20H29NO6/c1-3-4-5-6-7-8-9-10-15-26-19(22)16(2)27-20(23)17-11-13-18(14-12-17)21(24)25/h11-14,16H,3-10,15H2,1-2H3/t16-/m0/s1. The van der Waals surface area contributed by atoms with Gasteiger partial charge in [-0.3, -0.25) is 10.1 Å². The van der Waals surface area contributed by atoms with Crippen molar-refractivity contribution < 1.29 is 24.0 Å². The third-order valence-corrected chi connectivity index (χ3v) is 4.17. The highest BCUT2D eigenvalue weighted by molar-refractivity contribution is 5.91. The molecule has 0 unspecified atom stereocenters. The molecule has 7 heteroatoms. The van der Waals surface area contributed by atoms with E-state index in [1.807, 2.05) is 0 Å². The minimum atomic E-state index is -1.03. The van der Waals surface area contributed by atoms with Gasteiger partial charge in [-0.05, 0) is 25.5 Å². The Balaban J connectivity index is 2.21. The average molecular weight is 379 g/mol. The van der Waals surface area contributed by atoms with E-state index in [1.165, 1.54) is 63.3 Å². The van der Waals surface area contributed by atoms with Gasteiger partial charge in [0.1, 0.15) is 0 Å². The van der Waals surface area contributed by atoms with Crippen molar-refractivity contribution in [2.45, 2.75) is 71.3 Å². The molecule has 1 aromatic carbocycles. The van der Waals surface area contributed by atoms with E-state index in [0.29, 0.717) is 6.61 Å². The first-order chi connectivity index (χ1) is 13.0. The summed E-state index contributed by atoms with van der Waals surface area (Å²) in [5, 5.41) is 10.6. The monoisotopic (exact) mass is 379 g/mol. The second-order valence-electron chi connectivity index (χ2n) is 6.49. The molecule has 0 heterocycles. The maximum absolute atomic E-state index is 12.0. The quantitative estimate of drug-likeness (QED) is 0.211. The molecule has 0 amide bonds. The molecule has 1 atom stereocenters. The summed E-state index contributed by atoms with van der Waals surface area (Å²) in [6.45, 7) is 3.95. The molecule has 150 valence electrons. The van der Waals surface area contributed by atoms with Crippen LogP contribution in [0.5, 0.6) is 0 Å². The maximum Gasteiger partial charge on any atom is 0.347 e. The van der Waals surface area contributed by atoms with Crippen molar-refractivity contribution in [2.75, 3.05) is 6.61 Å². The largest absolute Gasteiger partial charge is 0.463 e. The van der Waals surface area contributed by atoms with Crippen LogP contribution >= 0.6 is 0 Å². The lowest BCUT2D eigenvalue weighted by atomic mass is 10.1. The number of carbonyl (C=O) groups is 2. The van der Waals surface area contributed by atoms with Crippen LogP contribution in [0.25, 0.3) is 0 Å². The van der Waals surface area contributed by atoms with E-state index in [0.717, 1.165) is 19.3 Å². The lowest BCUT2D eigenvalue weighted by molar-refractivity contribution is -0.384. The van der Waals surface area contributed by atoms with Crippen LogP contribution < -0.4 is 0 Å². The number of benzene rings is 1. The van der Waals surface area contributed by atoms with Crippen molar-refractivity contribution in [3.05, 3.63) is 39.9 Å². The fourth-order valence-electron chi connectivity index (χ4n) is 2.52. The smallest absolute Gasteiger partial charge is 0.347 e. The zero-order valence-electron chi connectivity index (χ0n) is 16.1. The summed E-state index contributed by atoms with van der Waals surface area (Å²) in [4.78, 5) is 33.9. The topological polar surface area (TPSA) is 95.7 Å². The maximum atomic E-state index is 12.0. The Bertz CT molecular complexity index is 599. The fraction of sp³-hybridized carbons (Fsp3) is 0.600. The number of hydrogen-bond acceptors (Lipinski definition) is 6. The summed E-state index contributed by atoms with van der Waals surface area (Å²) in [5.74, 6) is -1.31. The highest BCUT2D eigenvalue weighted by Crippen LogP contribution is 2.14. The second-order valence-corrected chi connectivity index (χ2v) is 6.49. The Labute approximate surface area is 160 Å². The van der Waals surface area contributed by atoms with Gasteiger partial charge >= 0.3 is 11.9 Å². The van der Waals surface area contributed by atoms with Crippen LogP contribution in [0, 0.1) is 10.1 Å². The molecule has 0 aromatic heterocycles. The van der Waals surface area contributed by atoms with Gasteiger partial charge in [0.2, 0.25) is 0 Å². The van der Waals surface area contributed by atoms with Crippen molar-refractivity contribution in [3.8, 4) is 0 Å². The van der Waals surface area contributed by atoms with Crippen LogP contribution in [0.2, 0.25) is 0 Å². The zero-order valence-corrected chi connectivity index (χ0v) is 16.1. The Morgan fingerprint density at radius 1 is 1.00 bits per heavy atom. The minimum Gasteiger partial charge on any atom is -0.463 e. The molecule has 27 heavy (non-hydrogen) atoms. The first-order valence-corrected chi connectivity index (χ1v) is 9.57. The van der Waals surface area contributed by atoms with Gasteiger partial charge in [0, 0.05) is 12.1 Å². The van der Waals surface area contributed by atoms with E-state index in [9.17, 15) is 19.7 Å². The van der Waals surface area contributed by atoms with Crippen LogP contribution in [0.1, 0.15) is 75.6 Å². The lowest BCUT2D eigenvalue weighted by Crippen LogP contribution is -2.26. The van der Waals surface area contributed by atoms with E-state index < -0.39 is 23.0 Å². The predicted molar refractivity (Wildman–Crippen MR) is 102 cm³/mol. The molecular formula is C20H29NO6. The normalized spacial score (nSPS) is 11.6. The highest BCUT2D eigenvalue weighted by atomic mass is 16.6. The van der Waals surface area contributed by atoms with Gasteiger partial charge in [-0.1, -0.05) is 51.9 Å². The number of unbranched alkanes of at least 4 members (excludes halogenated alkanes) is 7. The molecule has 0 aliphatic rings. The summed E-state index contributed by atoms with van der Waals surface area (Å²) in [6, 6.07) is 5.00. The molecule has 0 aliphatic carbocycles. The first kappa shape index (κ1) is 22.6.